The second-order valence-electron chi connectivity index (χ2n) is 6.58. The molecule has 122 valence electrons. The highest BCUT2D eigenvalue weighted by molar-refractivity contribution is 7.89. The minimum absolute atomic E-state index is 0.0392. The van der Waals surface area contributed by atoms with E-state index in [9.17, 15) is 8.42 Å². The normalized spacial score (nSPS) is 26.4. The molecule has 0 radical (unpaired) electrons. The molecule has 2 atom stereocenters. The molecule has 5 nitrogen and oxygen atoms in total. The van der Waals surface area contributed by atoms with Gasteiger partial charge in [0, 0.05) is 19.1 Å². The zero-order valence-corrected chi connectivity index (χ0v) is 14.2. The summed E-state index contributed by atoms with van der Waals surface area (Å²) in [5.41, 5.74) is 7.84. The average Bonchev–Trinajstić information content (AvgIpc) is 3.21. The molecule has 0 spiro atoms. The van der Waals surface area contributed by atoms with Crippen LogP contribution in [0.15, 0.2) is 17.0 Å². The Morgan fingerprint density at radius 3 is 2.27 bits per heavy atom. The number of rotatable bonds is 4. The van der Waals surface area contributed by atoms with Gasteiger partial charge in [-0.15, -0.1) is 0 Å². The summed E-state index contributed by atoms with van der Waals surface area (Å²) in [5.74, 6) is 1.68. The van der Waals surface area contributed by atoms with Gasteiger partial charge in [0.25, 0.3) is 0 Å². The number of hydrogen-bond donors (Lipinski definition) is 1. The minimum Gasteiger partial charge on any atom is -0.496 e. The van der Waals surface area contributed by atoms with Crippen LogP contribution in [0.25, 0.3) is 0 Å². The molecule has 0 amide bonds. The highest BCUT2D eigenvalue weighted by Gasteiger charge is 2.44. The van der Waals surface area contributed by atoms with Crippen molar-refractivity contribution in [3.8, 4) is 5.75 Å². The number of methoxy groups -OCH3 is 1. The van der Waals surface area contributed by atoms with Crippen molar-refractivity contribution in [2.45, 2.75) is 37.6 Å². The molecule has 1 aliphatic carbocycles. The second-order valence-corrected chi connectivity index (χ2v) is 8.52. The monoisotopic (exact) mass is 324 g/mol. The third-order valence-electron chi connectivity index (χ3n) is 4.88. The van der Waals surface area contributed by atoms with Gasteiger partial charge in [-0.25, -0.2) is 8.42 Å². The summed E-state index contributed by atoms with van der Waals surface area (Å²) in [4.78, 5) is 0.340. The molecule has 1 aliphatic heterocycles. The molecule has 0 unspecified atom stereocenters. The lowest BCUT2D eigenvalue weighted by Crippen LogP contribution is -2.32. The van der Waals surface area contributed by atoms with Gasteiger partial charge in [0.1, 0.15) is 5.75 Å². The van der Waals surface area contributed by atoms with E-state index in [-0.39, 0.29) is 6.04 Å². The van der Waals surface area contributed by atoms with Crippen LogP contribution in [0.1, 0.15) is 24.0 Å². The van der Waals surface area contributed by atoms with Gasteiger partial charge in [0.2, 0.25) is 10.0 Å². The summed E-state index contributed by atoms with van der Waals surface area (Å²) in [6.45, 7) is 4.72. The van der Waals surface area contributed by atoms with E-state index >= 15 is 0 Å². The maximum atomic E-state index is 12.9. The predicted octanol–water partition coefficient (Wildman–Crippen LogP) is 1.67. The summed E-state index contributed by atoms with van der Waals surface area (Å²) in [5, 5.41) is 0. The van der Waals surface area contributed by atoms with Crippen LogP contribution in [-0.4, -0.2) is 39.0 Å². The topological polar surface area (TPSA) is 72.6 Å². The van der Waals surface area contributed by atoms with Crippen LogP contribution in [0, 0.1) is 25.7 Å². The van der Waals surface area contributed by atoms with E-state index in [1.54, 1.807) is 23.5 Å². The molecule has 1 aromatic rings. The summed E-state index contributed by atoms with van der Waals surface area (Å²) in [7, 11) is -1.88. The smallest absolute Gasteiger partial charge is 0.243 e. The van der Waals surface area contributed by atoms with Crippen LogP contribution >= 0.6 is 0 Å². The van der Waals surface area contributed by atoms with Gasteiger partial charge in [0.05, 0.1) is 12.0 Å². The molecule has 22 heavy (non-hydrogen) atoms. The first-order valence-electron chi connectivity index (χ1n) is 7.75. The van der Waals surface area contributed by atoms with Crippen molar-refractivity contribution in [1.29, 1.82) is 0 Å². The Bertz CT molecular complexity index is 660. The summed E-state index contributed by atoms with van der Waals surface area (Å²) < 4.78 is 32.7. The van der Waals surface area contributed by atoms with E-state index in [0.29, 0.717) is 29.8 Å². The molecule has 0 bridgehead atoms. The number of hydrogen-bond acceptors (Lipinski definition) is 4. The average molecular weight is 324 g/mol. The van der Waals surface area contributed by atoms with Crippen LogP contribution in [0.4, 0.5) is 0 Å². The van der Waals surface area contributed by atoms with Crippen molar-refractivity contribution in [3.05, 3.63) is 23.3 Å². The van der Waals surface area contributed by atoms with Crippen LogP contribution < -0.4 is 10.5 Å². The van der Waals surface area contributed by atoms with Gasteiger partial charge in [-0.3, -0.25) is 0 Å². The van der Waals surface area contributed by atoms with E-state index in [2.05, 4.69) is 0 Å². The Morgan fingerprint density at radius 2 is 1.77 bits per heavy atom. The first kappa shape index (κ1) is 15.8. The van der Waals surface area contributed by atoms with Gasteiger partial charge in [-0.2, -0.15) is 4.31 Å². The molecule has 2 aliphatic rings. The number of nitrogens with zero attached hydrogens (tertiary/aromatic N) is 1. The van der Waals surface area contributed by atoms with Gasteiger partial charge < -0.3 is 10.5 Å². The number of sulfonamides is 1. The van der Waals surface area contributed by atoms with Crippen molar-refractivity contribution in [2.75, 3.05) is 20.2 Å². The van der Waals surface area contributed by atoms with Crippen molar-refractivity contribution in [3.63, 3.8) is 0 Å². The lowest BCUT2D eigenvalue weighted by atomic mass is 9.99. The third kappa shape index (κ3) is 2.64. The second kappa shape index (κ2) is 5.51. The zero-order chi connectivity index (χ0) is 16.1. The fourth-order valence-corrected chi connectivity index (χ4v) is 5.25. The molecule has 2 N–H and O–H groups in total. The highest BCUT2D eigenvalue weighted by Crippen LogP contribution is 2.42. The molecule has 1 saturated carbocycles. The quantitative estimate of drug-likeness (QED) is 0.914. The van der Waals surface area contributed by atoms with Crippen LogP contribution in [-0.2, 0) is 10.0 Å². The Morgan fingerprint density at radius 1 is 1.18 bits per heavy atom. The zero-order valence-electron chi connectivity index (χ0n) is 13.4. The van der Waals surface area contributed by atoms with E-state index in [1.165, 1.54) is 12.8 Å². The van der Waals surface area contributed by atoms with E-state index in [0.717, 1.165) is 16.9 Å². The van der Waals surface area contributed by atoms with Gasteiger partial charge in [-0.1, -0.05) is 0 Å². The van der Waals surface area contributed by atoms with Gasteiger partial charge >= 0.3 is 0 Å². The Labute approximate surface area is 132 Å². The molecule has 1 heterocycles. The summed E-state index contributed by atoms with van der Waals surface area (Å²) >= 11 is 0. The SMILES string of the molecule is COc1c(C)cc(S(=O)(=O)N2C[C@@H](N)[C@H](C3CC3)C2)cc1C. The van der Waals surface area contributed by atoms with Crippen LogP contribution in [0.3, 0.4) is 0 Å². The van der Waals surface area contributed by atoms with Gasteiger partial charge in [0.15, 0.2) is 0 Å². The predicted molar refractivity (Wildman–Crippen MR) is 85.4 cm³/mol. The van der Waals surface area contributed by atoms with Crippen molar-refractivity contribution < 1.29 is 13.2 Å². The summed E-state index contributed by atoms with van der Waals surface area (Å²) in [6.07, 6.45) is 2.38. The fraction of sp³-hybridized carbons (Fsp3) is 0.625. The standard InChI is InChI=1S/C16H24N2O3S/c1-10-6-13(7-11(2)16(10)21-3)22(19,20)18-8-14(12-4-5-12)15(17)9-18/h6-7,12,14-15H,4-5,8-9,17H2,1-3H3/t14-,15+/m0/s1. The van der Waals surface area contributed by atoms with Crippen LogP contribution in [0.5, 0.6) is 5.75 Å². The number of nitrogens with two attached hydrogens (primary N) is 1. The number of benzene rings is 1. The Kier molecular flexibility index (Phi) is 3.95. The molecular formula is C16H24N2O3S. The van der Waals surface area contributed by atoms with Crippen molar-refractivity contribution in [2.24, 2.45) is 17.6 Å². The lowest BCUT2D eigenvalue weighted by Gasteiger charge is -2.18. The molecule has 6 heteroatoms. The van der Waals surface area contributed by atoms with Crippen molar-refractivity contribution in [1.82, 2.24) is 4.31 Å². The minimum atomic E-state index is -3.48. The summed E-state index contributed by atoms with van der Waals surface area (Å²) in [6, 6.07) is 3.34. The molecular weight excluding hydrogens is 300 g/mol. The highest BCUT2D eigenvalue weighted by atomic mass is 32.2. The largest absolute Gasteiger partial charge is 0.496 e. The fourth-order valence-electron chi connectivity index (χ4n) is 3.57. The van der Waals surface area contributed by atoms with Crippen molar-refractivity contribution >= 4 is 10.0 Å². The molecule has 3 rings (SSSR count). The number of ether oxygens (including phenoxy) is 1. The first-order chi connectivity index (χ1) is 10.3. The van der Waals surface area contributed by atoms with Crippen LogP contribution in [0.2, 0.25) is 0 Å². The molecule has 2 fully saturated rings. The molecule has 0 aromatic heterocycles. The van der Waals surface area contributed by atoms with E-state index in [1.807, 2.05) is 13.8 Å². The Balaban J connectivity index is 1.90. The number of aryl methyl sites for hydroxylation is 2. The lowest BCUT2D eigenvalue weighted by molar-refractivity contribution is 0.407. The van der Waals surface area contributed by atoms with E-state index < -0.39 is 10.0 Å². The molecule has 1 saturated heterocycles. The maximum absolute atomic E-state index is 12.9. The Hall–Kier alpha value is -1.11. The molecule has 1 aromatic carbocycles. The third-order valence-corrected chi connectivity index (χ3v) is 6.69. The first-order valence-corrected chi connectivity index (χ1v) is 9.19. The van der Waals surface area contributed by atoms with E-state index in [4.69, 9.17) is 10.5 Å². The van der Waals surface area contributed by atoms with Gasteiger partial charge in [-0.05, 0) is 61.8 Å². The maximum Gasteiger partial charge on any atom is 0.243 e.